The van der Waals surface area contributed by atoms with Gasteiger partial charge in [0.2, 0.25) is 0 Å². The minimum Gasteiger partial charge on any atom is -0.299 e. The molecular formula is C16H15ClO. The number of rotatable bonds is 0. The van der Waals surface area contributed by atoms with Gasteiger partial charge in [-0.05, 0) is 48.8 Å². The first-order valence-corrected chi connectivity index (χ1v) is 7.04. The van der Waals surface area contributed by atoms with Crippen molar-refractivity contribution in [1.82, 2.24) is 0 Å². The van der Waals surface area contributed by atoms with Gasteiger partial charge in [-0.3, -0.25) is 4.79 Å². The zero-order valence-electron chi connectivity index (χ0n) is 10.2. The third-order valence-electron chi connectivity index (χ3n) is 5.14. The van der Waals surface area contributed by atoms with Crippen molar-refractivity contribution in [1.29, 1.82) is 0 Å². The number of benzene rings is 1. The molecule has 0 heterocycles. The number of hydrogen-bond acceptors (Lipinski definition) is 1. The van der Waals surface area contributed by atoms with Crippen LogP contribution in [0, 0.1) is 11.3 Å². The molecule has 2 unspecified atom stereocenters. The van der Waals surface area contributed by atoms with E-state index in [0.29, 0.717) is 18.1 Å². The Morgan fingerprint density at radius 1 is 1.28 bits per heavy atom. The van der Waals surface area contributed by atoms with E-state index in [9.17, 15) is 4.79 Å². The molecule has 0 amide bonds. The van der Waals surface area contributed by atoms with Gasteiger partial charge in [0.25, 0.3) is 0 Å². The fraction of sp³-hybridized carbons (Fsp3) is 0.438. The molecule has 1 aromatic carbocycles. The Labute approximate surface area is 112 Å². The Kier molecular flexibility index (Phi) is 2.09. The third-order valence-corrected chi connectivity index (χ3v) is 5.49. The number of carbonyl (C=O) groups is 1. The molecule has 0 aromatic heterocycles. The Balaban J connectivity index is 1.83. The van der Waals surface area contributed by atoms with E-state index in [2.05, 4.69) is 12.1 Å². The molecule has 0 saturated heterocycles. The van der Waals surface area contributed by atoms with Crippen molar-refractivity contribution in [3.05, 3.63) is 46.0 Å². The summed E-state index contributed by atoms with van der Waals surface area (Å²) in [4.78, 5) is 12.6. The Hall–Kier alpha value is -1.08. The van der Waals surface area contributed by atoms with Crippen molar-refractivity contribution in [3.63, 3.8) is 0 Å². The highest BCUT2D eigenvalue weighted by atomic mass is 35.5. The van der Waals surface area contributed by atoms with Crippen molar-refractivity contribution in [2.24, 2.45) is 11.3 Å². The first-order valence-electron chi connectivity index (χ1n) is 6.66. The van der Waals surface area contributed by atoms with Gasteiger partial charge in [0, 0.05) is 16.9 Å². The molecule has 4 rings (SSSR count). The quantitative estimate of drug-likeness (QED) is 0.648. The summed E-state index contributed by atoms with van der Waals surface area (Å²) in [6, 6.07) is 5.96. The first-order chi connectivity index (χ1) is 8.69. The summed E-state index contributed by atoms with van der Waals surface area (Å²) in [6.07, 6.45) is 7.02. The monoisotopic (exact) mass is 258 g/mol. The Morgan fingerprint density at radius 2 is 2.17 bits per heavy atom. The van der Waals surface area contributed by atoms with Crippen LogP contribution in [0.2, 0.25) is 5.02 Å². The molecule has 3 aliphatic carbocycles. The van der Waals surface area contributed by atoms with E-state index < -0.39 is 0 Å². The maximum absolute atomic E-state index is 12.6. The highest BCUT2D eigenvalue weighted by Gasteiger charge is 2.53. The van der Waals surface area contributed by atoms with Crippen molar-refractivity contribution in [3.8, 4) is 0 Å². The summed E-state index contributed by atoms with van der Waals surface area (Å²) >= 11 is 6.33. The van der Waals surface area contributed by atoms with E-state index in [1.54, 1.807) is 0 Å². The molecule has 1 saturated carbocycles. The van der Waals surface area contributed by atoms with E-state index in [1.165, 1.54) is 11.1 Å². The second-order valence-corrected chi connectivity index (χ2v) is 6.39. The van der Waals surface area contributed by atoms with Gasteiger partial charge in [-0.1, -0.05) is 35.4 Å². The summed E-state index contributed by atoms with van der Waals surface area (Å²) in [7, 11) is 0. The highest BCUT2D eigenvalue weighted by Crippen LogP contribution is 2.57. The maximum atomic E-state index is 12.6. The van der Waals surface area contributed by atoms with Crippen molar-refractivity contribution in [2.45, 2.75) is 32.1 Å². The molecule has 3 aliphatic rings. The minimum absolute atomic E-state index is 0.109. The number of allylic oxidation sites excluding steroid dienone is 2. The predicted molar refractivity (Wildman–Crippen MR) is 71.7 cm³/mol. The van der Waals surface area contributed by atoms with Gasteiger partial charge in [0.05, 0.1) is 0 Å². The second kappa shape index (κ2) is 3.48. The molecule has 1 fully saturated rings. The zero-order valence-corrected chi connectivity index (χ0v) is 11.0. The molecule has 2 heteroatoms. The predicted octanol–water partition coefficient (Wildman–Crippen LogP) is 3.73. The lowest BCUT2D eigenvalue weighted by Crippen LogP contribution is -2.42. The zero-order chi connectivity index (χ0) is 12.3. The maximum Gasteiger partial charge on any atom is 0.144 e. The van der Waals surface area contributed by atoms with Crippen LogP contribution >= 0.6 is 11.6 Å². The lowest BCUT2D eigenvalue weighted by molar-refractivity contribution is -0.131. The van der Waals surface area contributed by atoms with Crippen LogP contribution in [0.1, 0.15) is 30.4 Å². The normalized spacial score (nSPS) is 32.8. The van der Waals surface area contributed by atoms with Crippen LogP contribution < -0.4 is 0 Å². The van der Waals surface area contributed by atoms with Crippen LogP contribution in [0.25, 0.3) is 0 Å². The number of carbonyl (C=O) groups excluding carboxylic acids is 1. The van der Waals surface area contributed by atoms with Gasteiger partial charge in [-0.25, -0.2) is 0 Å². The number of hydrogen-bond donors (Lipinski definition) is 0. The molecule has 0 aliphatic heterocycles. The topological polar surface area (TPSA) is 17.1 Å². The second-order valence-electron chi connectivity index (χ2n) is 5.99. The van der Waals surface area contributed by atoms with Gasteiger partial charge < -0.3 is 0 Å². The van der Waals surface area contributed by atoms with Crippen LogP contribution in [-0.4, -0.2) is 5.78 Å². The molecule has 1 nitrogen and oxygen atoms in total. The standard InChI is InChI=1S/C16H15ClO/c17-14-3-1-2-11-7-15(18)16(9-13(11)14)8-10-4-5-12(16)6-10/h1-4,12H,5-9H2. The van der Waals surface area contributed by atoms with E-state index in [4.69, 9.17) is 11.6 Å². The summed E-state index contributed by atoms with van der Waals surface area (Å²) < 4.78 is 0. The molecule has 1 aromatic rings. The SMILES string of the molecule is O=C1Cc2cccc(Cl)c2CC12CC1=CCC2C1. The van der Waals surface area contributed by atoms with Crippen LogP contribution in [-0.2, 0) is 17.6 Å². The summed E-state index contributed by atoms with van der Waals surface area (Å²) in [6.45, 7) is 0. The lowest BCUT2D eigenvalue weighted by Gasteiger charge is -2.39. The lowest BCUT2D eigenvalue weighted by atomic mass is 9.63. The fourth-order valence-corrected chi connectivity index (χ4v) is 4.43. The summed E-state index contributed by atoms with van der Waals surface area (Å²) in [5.41, 5.74) is 3.77. The summed E-state index contributed by atoms with van der Waals surface area (Å²) in [5, 5.41) is 0.844. The van der Waals surface area contributed by atoms with Gasteiger partial charge in [-0.15, -0.1) is 0 Å². The highest BCUT2D eigenvalue weighted by molar-refractivity contribution is 6.31. The van der Waals surface area contributed by atoms with Crippen LogP contribution in [0.5, 0.6) is 0 Å². The smallest absolute Gasteiger partial charge is 0.144 e. The van der Waals surface area contributed by atoms with Gasteiger partial charge in [-0.2, -0.15) is 0 Å². The summed E-state index contributed by atoms with van der Waals surface area (Å²) in [5.74, 6) is 0.995. The van der Waals surface area contributed by atoms with E-state index in [-0.39, 0.29) is 5.41 Å². The number of fused-ring (bicyclic) bond motifs is 4. The van der Waals surface area contributed by atoms with E-state index >= 15 is 0 Å². The fourth-order valence-electron chi connectivity index (χ4n) is 4.17. The Bertz CT molecular complexity index is 587. The molecule has 1 spiro atoms. The minimum atomic E-state index is -0.109. The molecule has 92 valence electrons. The van der Waals surface area contributed by atoms with Gasteiger partial charge in [0.15, 0.2) is 0 Å². The average Bonchev–Trinajstić information content (AvgIpc) is 2.93. The van der Waals surface area contributed by atoms with E-state index in [1.807, 2.05) is 12.1 Å². The van der Waals surface area contributed by atoms with Crippen molar-refractivity contribution >= 4 is 17.4 Å². The molecule has 18 heavy (non-hydrogen) atoms. The molecule has 2 atom stereocenters. The third kappa shape index (κ3) is 1.26. The number of ketones is 1. The van der Waals surface area contributed by atoms with Crippen LogP contribution in [0.15, 0.2) is 29.8 Å². The van der Waals surface area contributed by atoms with Crippen LogP contribution in [0.4, 0.5) is 0 Å². The Morgan fingerprint density at radius 3 is 2.89 bits per heavy atom. The molecule has 0 radical (unpaired) electrons. The number of Topliss-reactive ketones (excluding diaryl/α,β-unsaturated/α-hetero) is 1. The van der Waals surface area contributed by atoms with Crippen molar-refractivity contribution < 1.29 is 4.79 Å². The molecule has 0 N–H and O–H groups in total. The molecule has 2 bridgehead atoms. The molecular weight excluding hydrogens is 244 g/mol. The average molecular weight is 259 g/mol. The van der Waals surface area contributed by atoms with Crippen molar-refractivity contribution in [2.75, 3.05) is 0 Å². The van der Waals surface area contributed by atoms with Gasteiger partial charge in [0.1, 0.15) is 5.78 Å². The first kappa shape index (κ1) is 10.8. The van der Waals surface area contributed by atoms with E-state index in [0.717, 1.165) is 36.3 Å². The van der Waals surface area contributed by atoms with Crippen LogP contribution in [0.3, 0.4) is 0 Å². The largest absolute Gasteiger partial charge is 0.299 e. The number of halogens is 1. The van der Waals surface area contributed by atoms with Gasteiger partial charge >= 0.3 is 0 Å².